The van der Waals surface area contributed by atoms with E-state index >= 15 is 0 Å². The second kappa shape index (κ2) is 12.7. The number of carboxylic acids is 1. The van der Waals surface area contributed by atoms with Crippen LogP contribution < -0.4 is 10.3 Å². The molecule has 0 saturated carbocycles. The predicted molar refractivity (Wildman–Crippen MR) is 156 cm³/mol. The molecule has 2 aromatic carbocycles. The van der Waals surface area contributed by atoms with Gasteiger partial charge in [-0.3, -0.25) is 9.59 Å². The predicted octanol–water partition coefficient (Wildman–Crippen LogP) is 5.56. The number of nitrogens with zero attached hydrogens (tertiary/aromatic N) is 2. The summed E-state index contributed by atoms with van der Waals surface area (Å²) in [5.74, 6) is -0.884. The first-order valence-electron chi connectivity index (χ1n) is 13.2. The molecule has 41 heavy (non-hydrogen) atoms. The molecule has 0 fully saturated rings. The number of methoxy groups -OCH3 is 1. The van der Waals surface area contributed by atoms with E-state index in [1.165, 1.54) is 29.9 Å². The Bertz CT molecular complexity index is 1520. The number of hydrogen-bond acceptors (Lipinski definition) is 7. The number of pyridine rings is 1. The van der Waals surface area contributed by atoms with Gasteiger partial charge in [0, 0.05) is 41.7 Å². The molecule has 0 spiro atoms. The number of ether oxygens (including phenoxy) is 2. The zero-order valence-corrected chi connectivity index (χ0v) is 24.2. The zero-order chi connectivity index (χ0) is 29.7. The number of ketones is 1. The number of carbonyl (C=O) groups is 2. The van der Waals surface area contributed by atoms with Gasteiger partial charge < -0.3 is 24.0 Å². The number of rotatable bonds is 11. The van der Waals surface area contributed by atoms with Gasteiger partial charge in [-0.1, -0.05) is 35.0 Å². The number of benzene rings is 2. The Morgan fingerprint density at radius 2 is 1.83 bits per heavy atom. The number of halogens is 1. The van der Waals surface area contributed by atoms with Crippen LogP contribution in [0.4, 0.5) is 0 Å². The van der Waals surface area contributed by atoms with Crippen molar-refractivity contribution in [3.8, 4) is 16.9 Å². The van der Waals surface area contributed by atoms with Gasteiger partial charge in [0.15, 0.2) is 5.78 Å². The van der Waals surface area contributed by atoms with Crippen LogP contribution in [0.1, 0.15) is 61.1 Å². The minimum Gasteiger partial charge on any atom is -0.495 e. The summed E-state index contributed by atoms with van der Waals surface area (Å²) in [6.45, 7) is 6.46. The minimum absolute atomic E-state index is 0.00879. The van der Waals surface area contributed by atoms with Gasteiger partial charge in [0.05, 0.1) is 36.2 Å². The van der Waals surface area contributed by atoms with Crippen molar-refractivity contribution in [3.63, 3.8) is 0 Å². The van der Waals surface area contributed by atoms with Crippen LogP contribution >= 0.6 is 11.6 Å². The first kappa shape index (κ1) is 30.0. The first-order valence-corrected chi connectivity index (χ1v) is 13.6. The van der Waals surface area contributed by atoms with Crippen molar-refractivity contribution in [3.05, 3.63) is 86.8 Å². The SMILES string of the molecule is COc1cn(C(CCOC(C)(C)C)C(=O)Cc2ccc(C(=O)O)cc2)c(=O)cc1-c1cc(Cl)ccc1C1=NOCC1. The molecule has 0 amide bonds. The maximum absolute atomic E-state index is 13.6. The van der Waals surface area contributed by atoms with Gasteiger partial charge in [-0.05, 0) is 62.6 Å². The third-order valence-corrected chi connectivity index (χ3v) is 6.90. The normalized spacial score (nSPS) is 13.8. The Kier molecular flexibility index (Phi) is 9.30. The van der Waals surface area contributed by atoms with Gasteiger partial charge >= 0.3 is 5.97 Å². The molecule has 1 atom stereocenters. The molecular weight excluding hydrogens is 548 g/mol. The number of aromatic carboxylic acids is 1. The number of oxime groups is 1. The van der Waals surface area contributed by atoms with Crippen LogP contribution in [0, 0.1) is 0 Å². The van der Waals surface area contributed by atoms with Gasteiger partial charge in [0.2, 0.25) is 0 Å². The molecule has 0 saturated heterocycles. The molecule has 0 radical (unpaired) electrons. The van der Waals surface area contributed by atoms with Crippen molar-refractivity contribution in [2.75, 3.05) is 20.3 Å². The first-order chi connectivity index (χ1) is 19.5. The van der Waals surface area contributed by atoms with E-state index in [0.29, 0.717) is 40.5 Å². The highest BCUT2D eigenvalue weighted by molar-refractivity contribution is 6.31. The number of carbonyl (C=O) groups excluding carboxylic acids is 1. The van der Waals surface area contributed by atoms with E-state index in [9.17, 15) is 19.5 Å². The van der Waals surface area contributed by atoms with E-state index in [2.05, 4.69) is 5.16 Å². The summed E-state index contributed by atoms with van der Waals surface area (Å²) in [6.07, 6.45) is 2.42. The maximum atomic E-state index is 13.6. The van der Waals surface area contributed by atoms with E-state index in [4.69, 9.17) is 25.9 Å². The Labute approximate surface area is 243 Å². The molecule has 9 nitrogen and oxygen atoms in total. The topological polar surface area (TPSA) is 116 Å². The quantitative estimate of drug-likeness (QED) is 0.316. The molecule has 0 aliphatic carbocycles. The Morgan fingerprint density at radius 1 is 1.10 bits per heavy atom. The lowest BCUT2D eigenvalue weighted by Crippen LogP contribution is -2.32. The summed E-state index contributed by atoms with van der Waals surface area (Å²) in [7, 11) is 1.50. The van der Waals surface area contributed by atoms with Gasteiger partial charge in [-0.2, -0.15) is 0 Å². The molecule has 1 aromatic heterocycles. The van der Waals surface area contributed by atoms with Gasteiger partial charge in [-0.15, -0.1) is 0 Å². The lowest BCUT2D eigenvalue weighted by molar-refractivity contribution is -0.122. The van der Waals surface area contributed by atoms with E-state index in [1.54, 1.807) is 30.5 Å². The molecule has 4 rings (SSSR count). The molecular formula is C31H33ClN2O7. The highest BCUT2D eigenvalue weighted by Gasteiger charge is 2.26. The van der Waals surface area contributed by atoms with Crippen LogP contribution in [0.15, 0.2) is 64.7 Å². The monoisotopic (exact) mass is 580 g/mol. The number of aromatic nitrogens is 1. The fourth-order valence-corrected chi connectivity index (χ4v) is 4.82. The van der Waals surface area contributed by atoms with Gasteiger partial charge in [0.25, 0.3) is 5.56 Å². The van der Waals surface area contributed by atoms with E-state index in [1.807, 2.05) is 26.8 Å². The molecule has 1 N–H and O–H groups in total. The zero-order valence-electron chi connectivity index (χ0n) is 23.5. The van der Waals surface area contributed by atoms with Crippen molar-refractivity contribution in [1.82, 2.24) is 4.57 Å². The van der Waals surface area contributed by atoms with Crippen LogP contribution in [-0.2, 0) is 20.8 Å². The molecule has 10 heteroatoms. The molecule has 3 aromatic rings. The fraction of sp³-hybridized carbons (Fsp3) is 0.355. The van der Waals surface area contributed by atoms with Crippen LogP contribution in [0.5, 0.6) is 5.75 Å². The third-order valence-electron chi connectivity index (χ3n) is 6.66. The summed E-state index contributed by atoms with van der Waals surface area (Å²) >= 11 is 6.34. The Hall–Kier alpha value is -3.95. The molecule has 1 unspecified atom stereocenters. The molecule has 2 heterocycles. The van der Waals surface area contributed by atoms with E-state index in [-0.39, 0.29) is 30.8 Å². The Balaban J connectivity index is 1.73. The van der Waals surface area contributed by atoms with E-state index in [0.717, 1.165) is 11.3 Å². The van der Waals surface area contributed by atoms with Crippen LogP contribution in [0.3, 0.4) is 0 Å². The van der Waals surface area contributed by atoms with Crippen molar-refractivity contribution in [1.29, 1.82) is 0 Å². The average molecular weight is 581 g/mol. The van der Waals surface area contributed by atoms with Crippen LogP contribution in [0.2, 0.25) is 5.02 Å². The average Bonchev–Trinajstić information content (AvgIpc) is 3.46. The third kappa shape index (κ3) is 7.42. The second-order valence-electron chi connectivity index (χ2n) is 10.7. The summed E-state index contributed by atoms with van der Waals surface area (Å²) in [5.41, 5.74) is 2.64. The number of carboxylic acid groups (broad SMARTS) is 1. The Morgan fingerprint density at radius 3 is 2.44 bits per heavy atom. The second-order valence-corrected chi connectivity index (χ2v) is 11.2. The van der Waals surface area contributed by atoms with Crippen LogP contribution in [-0.4, -0.2) is 53.1 Å². The minimum atomic E-state index is -1.05. The standard InChI is InChI=1S/C31H33ClN2O7/c1-31(2,3)40-13-12-26(27(35)15-19-5-7-20(8-6-19)30(37)38)34-18-28(39-4)24(17-29(34)36)23-16-21(32)9-10-22(23)25-11-14-41-33-25/h5-10,16-18,26H,11-15H2,1-4H3,(H,37,38). The largest absolute Gasteiger partial charge is 0.495 e. The van der Waals surface area contributed by atoms with Crippen molar-refractivity contribution in [2.45, 2.75) is 51.7 Å². The number of hydrogen-bond donors (Lipinski definition) is 1. The maximum Gasteiger partial charge on any atom is 0.335 e. The lowest BCUT2D eigenvalue weighted by Gasteiger charge is -2.24. The van der Waals surface area contributed by atoms with E-state index < -0.39 is 23.2 Å². The van der Waals surface area contributed by atoms with Crippen molar-refractivity contribution < 1.29 is 29.0 Å². The van der Waals surface area contributed by atoms with Crippen molar-refractivity contribution in [2.24, 2.45) is 5.16 Å². The summed E-state index contributed by atoms with van der Waals surface area (Å²) in [6, 6.07) is 12.0. The fourth-order valence-electron chi connectivity index (χ4n) is 4.65. The summed E-state index contributed by atoms with van der Waals surface area (Å²) in [5, 5.41) is 13.8. The van der Waals surface area contributed by atoms with Gasteiger partial charge in [0.1, 0.15) is 12.4 Å². The molecule has 1 aliphatic rings. The highest BCUT2D eigenvalue weighted by Crippen LogP contribution is 2.35. The molecule has 0 bridgehead atoms. The highest BCUT2D eigenvalue weighted by atomic mass is 35.5. The van der Waals surface area contributed by atoms with Crippen LogP contribution in [0.25, 0.3) is 11.1 Å². The molecule has 1 aliphatic heterocycles. The molecule has 216 valence electrons. The number of Topliss-reactive ketones (excluding diaryl/α,β-unsaturated/α-hetero) is 1. The van der Waals surface area contributed by atoms with Crippen molar-refractivity contribution >= 4 is 29.1 Å². The van der Waals surface area contributed by atoms with Gasteiger partial charge in [-0.25, -0.2) is 4.79 Å². The summed E-state index contributed by atoms with van der Waals surface area (Å²) < 4.78 is 13.0. The lowest BCUT2D eigenvalue weighted by atomic mass is 9.95. The summed E-state index contributed by atoms with van der Waals surface area (Å²) in [4.78, 5) is 43.7. The smallest absolute Gasteiger partial charge is 0.335 e.